The lowest BCUT2D eigenvalue weighted by molar-refractivity contribution is -0.148. The number of likely N-dealkylation sites (N-methyl/N-ethyl adjacent to an activating group) is 1. The van der Waals surface area contributed by atoms with Gasteiger partial charge in [0, 0.05) is 20.1 Å². The SMILES string of the molecule is CC[C@H](C)[C@@H]([C@@H](CC(=O)O)OC)N(C)C(=O)[C@@H](NC(=O)OCC1c2ccccc2-c2ccccc21)C(C)(C)C. The number of fused-ring (bicyclic) bond motifs is 3. The average Bonchev–Trinajstić information content (AvgIpc) is 3.22. The highest BCUT2D eigenvalue weighted by Crippen LogP contribution is 2.44. The quantitative estimate of drug-likeness (QED) is 0.402. The second kappa shape index (κ2) is 12.6. The smallest absolute Gasteiger partial charge is 0.407 e. The number of hydrogen-bond acceptors (Lipinski definition) is 5. The van der Waals surface area contributed by atoms with Crippen molar-refractivity contribution in [3.05, 3.63) is 59.7 Å². The Morgan fingerprint density at radius 3 is 2.03 bits per heavy atom. The first-order valence-electron chi connectivity index (χ1n) is 13.5. The molecule has 0 saturated heterocycles. The van der Waals surface area contributed by atoms with Crippen molar-refractivity contribution in [2.24, 2.45) is 11.3 Å². The van der Waals surface area contributed by atoms with E-state index in [0.717, 1.165) is 28.7 Å². The van der Waals surface area contributed by atoms with Crippen molar-refractivity contribution in [3.8, 4) is 11.1 Å². The van der Waals surface area contributed by atoms with Crippen molar-refractivity contribution in [3.63, 3.8) is 0 Å². The molecule has 1 aliphatic carbocycles. The van der Waals surface area contributed by atoms with Crippen LogP contribution in [0.25, 0.3) is 11.1 Å². The zero-order chi connectivity index (χ0) is 28.9. The number of carboxylic acids is 1. The molecule has 0 bridgehead atoms. The molecule has 212 valence electrons. The summed E-state index contributed by atoms with van der Waals surface area (Å²) < 4.78 is 11.3. The number of methoxy groups -OCH3 is 1. The summed E-state index contributed by atoms with van der Waals surface area (Å²) in [5.74, 6) is -1.45. The molecule has 2 aromatic carbocycles. The van der Waals surface area contributed by atoms with Crippen molar-refractivity contribution in [1.29, 1.82) is 0 Å². The van der Waals surface area contributed by atoms with E-state index in [1.165, 1.54) is 12.0 Å². The van der Waals surface area contributed by atoms with Gasteiger partial charge in [-0.3, -0.25) is 9.59 Å². The van der Waals surface area contributed by atoms with E-state index >= 15 is 0 Å². The van der Waals surface area contributed by atoms with Gasteiger partial charge >= 0.3 is 12.1 Å². The van der Waals surface area contributed by atoms with Crippen LogP contribution in [0.1, 0.15) is 64.5 Å². The molecule has 2 N–H and O–H groups in total. The van der Waals surface area contributed by atoms with Gasteiger partial charge in [-0.15, -0.1) is 0 Å². The van der Waals surface area contributed by atoms with Gasteiger partial charge in [0.15, 0.2) is 0 Å². The van der Waals surface area contributed by atoms with Gasteiger partial charge in [-0.2, -0.15) is 0 Å². The van der Waals surface area contributed by atoms with Gasteiger partial charge in [0.2, 0.25) is 5.91 Å². The fourth-order valence-corrected chi connectivity index (χ4v) is 5.51. The highest BCUT2D eigenvalue weighted by Gasteiger charge is 2.41. The van der Waals surface area contributed by atoms with Gasteiger partial charge in [0.05, 0.1) is 18.6 Å². The summed E-state index contributed by atoms with van der Waals surface area (Å²) in [6.07, 6.45) is -0.876. The van der Waals surface area contributed by atoms with E-state index in [-0.39, 0.29) is 30.8 Å². The first-order valence-corrected chi connectivity index (χ1v) is 13.5. The Morgan fingerprint density at radius 2 is 1.56 bits per heavy atom. The first-order chi connectivity index (χ1) is 18.4. The van der Waals surface area contributed by atoms with Gasteiger partial charge in [0.25, 0.3) is 0 Å². The number of alkyl carbamates (subject to hydrolysis) is 1. The van der Waals surface area contributed by atoms with Crippen LogP contribution in [0.3, 0.4) is 0 Å². The topological polar surface area (TPSA) is 105 Å². The van der Waals surface area contributed by atoms with Crippen molar-refractivity contribution in [2.75, 3.05) is 20.8 Å². The highest BCUT2D eigenvalue weighted by atomic mass is 16.5. The number of benzene rings is 2. The predicted molar refractivity (Wildman–Crippen MR) is 151 cm³/mol. The zero-order valence-electron chi connectivity index (χ0n) is 24.1. The van der Waals surface area contributed by atoms with E-state index in [1.54, 1.807) is 7.05 Å². The van der Waals surface area contributed by atoms with Crippen LogP contribution < -0.4 is 5.32 Å². The number of aliphatic carboxylic acids is 1. The van der Waals surface area contributed by atoms with E-state index in [2.05, 4.69) is 29.6 Å². The number of ether oxygens (including phenoxy) is 2. The maximum Gasteiger partial charge on any atom is 0.407 e. The summed E-state index contributed by atoms with van der Waals surface area (Å²) in [5, 5.41) is 12.2. The summed E-state index contributed by atoms with van der Waals surface area (Å²) in [6.45, 7) is 9.71. The maximum atomic E-state index is 13.8. The number of carbonyl (C=O) groups is 3. The van der Waals surface area contributed by atoms with E-state index in [4.69, 9.17) is 9.47 Å². The number of carboxylic acid groups (broad SMARTS) is 1. The van der Waals surface area contributed by atoms with E-state index in [1.807, 2.05) is 58.9 Å². The van der Waals surface area contributed by atoms with E-state index in [0.29, 0.717) is 0 Å². The molecule has 4 atom stereocenters. The number of carbonyl (C=O) groups excluding carboxylic acids is 2. The minimum Gasteiger partial charge on any atom is -0.481 e. The summed E-state index contributed by atoms with van der Waals surface area (Å²) in [7, 11) is 3.10. The molecule has 0 radical (unpaired) electrons. The Hall–Kier alpha value is -3.39. The Balaban J connectivity index is 1.77. The lowest BCUT2D eigenvalue weighted by atomic mass is 9.84. The fraction of sp³-hybridized carbons (Fsp3) is 0.516. The van der Waals surface area contributed by atoms with Crippen LogP contribution >= 0.6 is 0 Å². The molecule has 0 aromatic heterocycles. The molecule has 0 fully saturated rings. The molecular formula is C31H42N2O6. The zero-order valence-corrected chi connectivity index (χ0v) is 24.1. The molecule has 0 heterocycles. The molecule has 2 amide bonds. The number of hydrogen-bond donors (Lipinski definition) is 2. The van der Waals surface area contributed by atoms with Crippen LogP contribution in [0.5, 0.6) is 0 Å². The molecule has 0 saturated carbocycles. The number of rotatable bonds is 11. The van der Waals surface area contributed by atoms with Crippen LogP contribution in [0.2, 0.25) is 0 Å². The van der Waals surface area contributed by atoms with Crippen molar-refractivity contribution in [2.45, 2.75) is 71.6 Å². The summed E-state index contributed by atoms with van der Waals surface area (Å²) >= 11 is 0. The van der Waals surface area contributed by atoms with Gasteiger partial charge in [-0.1, -0.05) is 89.6 Å². The minimum atomic E-state index is -1.000. The van der Waals surface area contributed by atoms with Crippen molar-refractivity contribution in [1.82, 2.24) is 10.2 Å². The summed E-state index contributed by atoms with van der Waals surface area (Å²) in [4.78, 5) is 40.0. The largest absolute Gasteiger partial charge is 0.481 e. The summed E-state index contributed by atoms with van der Waals surface area (Å²) in [5.41, 5.74) is 3.85. The average molecular weight is 539 g/mol. The Kier molecular flexibility index (Phi) is 9.78. The molecule has 0 aliphatic heterocycles. The first kappa shape index (κ1) is 30.2. The monoisotopic (exact) mass is 538 g/mol. The van der Waals surface area contributed by atoms with Crippen molar-refractivity contribution >= 4 is 18.0 Å². The number of amides is 2. The lowest BCUT2D eigenvalue weighted by Gasteiger charge is -2.41. The fourth-order valence-electron chi connectivity index (χ4n) is 5.51. The number of nitrogens with zero attached hydrogens (tertiary/aromatic N) is 1. The Bertz CT molecular complexity index is 1130. The van der Waals surface area contributed by atoms with E-state index < -0.39 is 35.7 Å². The third-order valence-electron chi connectivity index (χ3n) is 7.80. The van der Waals surface area contributed by atoms with E-state index in [9.17, 15) is 19.5 Å². The van der Waals surface area contributed by atoms with Crippen molar-refractivity contribution < 1.29 is 29.0 Å². The molecule has 3 rings (SSSR count). The molecular weight excluding hydrogens is 496 g/mol. The van der Waals surface area contributed by atoms with Gasteiger partial charge in [-0.05, 0) is 33.6 Å². The van der Waals surface area contributed by atoms with Gasteiger partial charge in [0.1, 0.15) is 12.6 Å². The minimum absolute atomic E-state index is 0.0293. The van der Waals surface area contributed by atoms with Gasteiger partial charge < -0.3 is 24.8 Å². The maximum absolute atomic E-state index is 13.8. The standard InChI is InChI=1S/C31H42N2O6/c1-8-19(2)27(25(38-7)17-26(34)35)33(6)29(36)28(31(3,4)5)32-30(37)39-18-24-22-15-11-9-13-20(22)21-14-10-12-16-23(21)24/h9-16,19,24-25,27-28H,8,17-18H2,1-7H3,(H,32,37)(H,34,35)/t19-,25+,27-,28+/m0/s1. The summed E-state index contributed by atoms with van der Waals surface area (Å²) in [6, 6.07) is 14.8. The Morgan fingerprint density at radius 1 is 1.03 bits per heavy atom. The van der Waals surface area contributed by atoms with Crippen LogP contribution in [-0.2, 0) is 19.1 Å². The van der Waals surface area contributed by atoms with Crippen LogP contribution in [0.4, 0.5) is 4.79 Å². The number of nitrogens with one attached hydrogen (secondary N) is 1. The highest BCUT2D eigenvalue weighted by molar-refractivity contribution is 5.87. The van der Waals surface area contributed by atoms with Gasteiger partial charge in [-0.25, -0.2) is 4.79 Å². The third-order valence-corrected chi connectivity index (χ3v) is 7.80. The van der Waals surface area contributed by atoms with Crippen LogP contribution in [-0.4, -0.2) is 66.9 Å². The molecule has 0 spiro atoms. The second-order valence-electron chi connectivity index (χ2n) is 11.5. The molecule has 8 heteroatoms. The third kappa shape index (κ3) is 6.79. The predicted octanol–water partition coefficient (Wildman–Crippen LogP) is 5.30. The second-order valence-corrected chi connectivity index (χ2v) is 11.5. The van der Waals surface area contributed by atoms with Crippen LogP contribution in [0.15, 0.2) is 48.5 Å². The molecule has 2 aromatic rings. The molecule has 8 nitrogen and oxygen atoms in total. The molecule has 39 heavy (non-hydrogen) atoms. The normalized spacial score (nSPS) is 15.9. The van der Waals surface area contributed by atoms with Crippen LogP contribution in [0, 0.1) is 11.3 Å². The lowest BCUT2D eigenvalue weighted by Crippen LogP contribution is -2.59. The Labute approximate surface area is 231 Å². The molecule has 0 unspecified atom stereocenters. The molecule has 1 aliphatic rings.